The van der Waals surface area contributed by atoms with Gasteiger partial charge in [0.2, 0.25) is 0 Å². The van der Waals surface area contributed by atoms with Crippen LogP contribution in [0.15, 0.2) is 0 Å². The maximum absolute atomic E-state index is 11.7. The van der Waals surface area contributed by atoms with Gasteiger partial charge in [0.05, 0.1) is 0 Å². The molecule has 8 heteroatoms. The Labute approximate surface area is 159 Å². The predicted octanol–water partition coefficient (Wildman–Crippen LogP) is -0.918. The van der Waals surface area contributed by atoms with Crippen molar-refractivity contribution in [3.63, 3.8) is 0 Å². The highest BCUT2D eigenvalue weighted by molar-refractivity contribution is 6.35. The number of hydrogen-bond donors (Lipinski definition) is 4. The number of rotatable bonds is 16. The van der Waals surface area contributed by atoms with Crippen molar-refractivity contribution in [2.24, 2.45) is 0 Å². The van der Waals surface area contributed by atoms with E-state index in [0.29, 0.717) is 26.2 Å². The second-order valence-corrected chi connectivity index (χ2v) is 6.07. The van der Waals surface area contributed by atoms with E-state index in [1.54, 1.807) is 0 Å². The lowest BCUT2D eigenvalue weighted by molar-refractivity contribution is -0.139. The molecule has 8 nitrogen and oxygen atoms in total. The number of amides is 2. The van der Waals surface area contributed by atoms with Crippen LogP contribution in [0, 0.1) is 0 Å². The molecule has 0 unspecified atom stereocenters. The van der Waals surface area contributed by atoms with Crippen molar-refractivity contribution in [1.29, 1.82) is 0 Å². The third-order valence-corrected chi connectivity index (χ3v) is 4.38. The van der Waals surface area contributed by atoms with E-state index in [-0.39, 0.29) is 0 Å². The van der Waals surface area contributed by atoms with Gasteiger partial charge >= 0.3 is 11.8 Å². The lowest BCUT2D eigenvalue weighted by Gasteiger charge is -2.18. The van der Waals surface area contributed by atoms with E-state index in [1.165, 1.54) is 0 Å². The fourth-order valence-corrected chi connectivity index (χ4v) is 2.49. The highest BCUT2D eigenvalue weighted by Gasteiger charge is 2.11. The van der Waals surface area contributed by atoms with Crippen LogP contribution in [-0.2, 0) is 9.59 Å². The molecule has 0 atom stereocenters. The number of carbonyl (C=O) groups excluding carboxylic acids is 2. The molecule has 154 valence electrons. The van der Waals surface area contributed by atoms with E-state index < -0.39 is 11.8 Å². The van der Waals surface area contributed by atoms with Crippen LogP contribution in [0.1, 0.15) is 27.7 Å². The van der Waals surface area contributed by atoms with Crippen molar-refractivity contribution < 1.29 is 9.59 Å². The lowest BCUT2D eigenvalue weighted by Crippen LogP contribution is -2.44. The first-order chi connectivity index (χ1) is 12.6. The summed E-state index contributed by atoms with van der Waals surface area (Å²) in [5.74, 6) is -1.14. The van der Waals surface area contributed by atoms with Crippen LogP contribution in [0.4, 0.5) is 0 Å². The summed E-state index contributed by atoms with van der Waals surface area (Å²) in [6.45, 7) is 18.7. The van der Waals surface area contributed by atoms with Crippen LogP contribution >= 0.6 is 0 Å². The highest BCUT2D eigenvalue weighted by atomic mass is 16.2. The van der Waals surface area contributed by atoms with Crippen LogP contribution < -0.4 is 21.3 Å². The van der Waals surface area contributed by atoms with Gasteiger partial charge in [-0.1, -0.05) is 27.7 Å². The topological polar surface area (TPSA) is 88.7 Å². The Kier molecular flexibility index (Phi) is 16.4. The van der Waals surface area contributed by atoms with Crippen molar-refractivity contribution in [2.45, 2.75) is 27.7 Å². The SMILES string of the molecule is CCN(CC)CCNCCNC(=O)C(=O)NCCNCCN(CC)CC. The van der Waals surface area contributed by atoms with Crippen molar-refractivity contribution in [3.05, 3.63) is 0 Å². The minimum atomic E-state index is -0.571. The molecular formula is C18H40N6O2. The lowest BCUT2D eigenvalue weighted by atomic mass is 10.4. The molecule has 4 N–H and O–H groups in total. The first kappa shape index (κ1) is 24.8. The van der Waals surface area contributed by atoms with Gasteiger partial charge in [-0.2, -0.15) is 0 Å². The Hall–Kier alpha value is -1.22. The van der Waals surface area contributed by atoms with Crippen LogP contribution in [0.3, 0.4) is 0 Å². The summed E-state index contributed by atoms with van der Waals surface area (Å²) < 4.78 is 0. The Morgan fingerprint density at radius 2 is 0.923 bits per heavy atom. The van der Waals surface area contributed by atoms with Crippen molar-refractivity contribution in [3.8, 4) is 0 Å². The molecule has 26 heavy (non-hydrogen) atoms. The molecule has 0 aliphatic carbocycles. The summed E-state index contributed by atoms with van der Waals surface area (Å²) >= 11 is 0. The Bertz CT molecular complexity index is 326. The van der Waals surface area contributed by atoms with Crippen molar-refractivity contribution >= 4 is 11.8 Å². The molecule has 0 aliphatic heterocycles. The van der Waals surface area contributed by atoms with Gasteiger partial charge in [0, 0.05) is 52.4 Å². The van der Waals surface area contributed by atoms with Gasteiger partial charge in [-0.15, -0.1) is 0 Å². The molecule has 0 bridgehead atoms. The van der Waals surface area contributed by atoms with E-state index >= 15 is 0 Å². The Morgan fingerprint density at radius 1 is 0.577 bits per heavy atom. The molecule has 0 saturated heterocycles. The molecule has 2 amide bonds. The fourth-order valence-electron chi connectivity index (χ4n) is 2.49. The normalized spacial score (nSPS) is 11.2. The molecule has 0 saturated carbocycles. The molecule has 0 aromatic carbocycles. The minimum Gasteiger partial charge on any atom is -0.347 e. The van der Waals surface area contributed by atoms with Crippen molar-refractivity contribution in [2.75, 3.05) is 78.5 Å². The number of nitrogens with one attached hydrogen (secondary N) is 4. The summed E-state index contributed by atoms with van der Waals surface area (Å²) in [7, 11) is 0. The molecule has 0 rings (SSSR count). The van der Waals surface area contributed by atoms with Gasteiger partial charge in [-0.05, 0) is 26.2 Å². The smallest absolute Gasteiger partial charge is 0.309 e. The molecule has 0 radical (unpaired) electrons. The predicted molar refractivity (Wildman–Crippen MR) is 107 cm³/mol. The average molecular weight is 373 g/mol. The van der Waals surface area contributed by atoms with Crippen LogP contribution in [0.2, 0.25) is 0 Å². The summed E-state index contributed by atoms with van der Waals surface area (Å²) in [4.78, 5) is 28.0. The van der Waals surface area contributed by atoms with Gasteiger partial charge in [-0.3, -0.25) is 9.59 Å². The van der Waals surface area contributed by atoms with Crippen molar-refractivity contribution in [1.82, 2.24) is 31.1 Å². The molecule has 0 spiro atoms. The summed E-state index contributed by atoms with van der Waals surface area (Å²) in [6, 6.07) is 0. The molecule has 0 fully saturated rings. The zero-order chi connectivity index (χ0) is 19.6. The second kappa shape index (κ2) is 17.2. The summed E-state index contributed by atoms with van der Waals surface area (Å²) in [5, 5.41) is 11.8. The average Bonchev–Trinajstić information content (AvgIpc) is 2.66. The first-order valence-corrected chi connectivity index (χ1v) is 10.0. The molecule has 0 aliphatic rings. The third kappa shape index (κ3) is 13.0. The van der Waals surface area contributed by atoms with Gasteiger partial charge in [0.25, 0.3) is 0 Å². The van der Waals surface area contributed by atoms with Crippen LogP contribution in [0.25, 0.3) is 0 Å². The molecule has 0 aromatic heterocycles. The zero-order valence-electron chi connectivity index (χ0n) is 17.2. The zero-order valence-corrected chi connectivity index (χ0v) is 17.2. The quantitative estimate of drug-likeness (QED) is 0.207. The summed E-state index contributed by atoms with van der Waals surface area (Å²) in [5.41, 5.74) is 0. The fraction of sp³-hybridized carbons (Fsp3) is 0.889. The molecular weight excluding hydrogens is 332 g/mol. The molecule has 0 heterocycles. The number of hydrogen-bond acceptors (Lipinski definition) is 6. The van der Waals surface area contributed by atoms with Crippen LogP contribution in [-0.4, -0.2) is 100 Å². The monoisotopic (exact) mass is 372 g/mol. The maximum Gasteiger partial charge on any atom is 0.309 e. The standard InChI is InChI=1S/C18H40N6O2/c1-5-23(6-2)15-13-19-9-11-21-17(25)18(26)22-12-10-20-14-16-24(7-3)8-4/h19-20H,5-16H2,1-4H3,(H,21,25)(H,22,26). The van der Waals surface area contributed by atoms with Gasteiger partial charge in [-0.25, -0.2) is 0 Å². The van der Waals surface area contributed by atoms with Crippen LogP contribution in [0.5, 0.6) is 0 Å². The number of carbonyl (C=O) groups is 2. The van der Waals surface area contributed by atoms with Gasteiger partial charge in [0.15, 0.2) is 0 Å². The third-order valence-electron chi connectivity index (χ3n) is 4.38. The maximum atomic E-state index is 11.7. The van der Waals surface area contributed by atoms with E-state index in [2.05, 4.69) is 58.8 Å². The minimum absolute atomic E-state index is 0.451. The van der Waals surface area contributed by atoms with E-state index in [0.717, 1.165) is 52.4 Å². The van der Waals surface area contributed by atoms with E-state index in [9.17, 15) is 9.59 Å². The van der Waals surface area contributed by atoms with E-state index in [4.69, 9.17) is 0 Å². The van der Waals surface area contributed by atoms with Gasteiger partial charge in [0.1, 0.15) is 0 Å². The van der Waals surface area contributed by atoms with Gasteiger partial charge < -0.3 is 31.1 Å². The number of likely N-dealkylation sites (N-methyl/N-ethyl adjacent to an activating group) is 2. The highest BCUT2D eigenvalue weighted by Crippen LogP contribution is 1.84. The first-order valence-electron chi connectivity index (χ1n) is 10.0. The number of nitrogens with zero attached hydrogens (tertiary/aromatic N) is 2. The Morgan fingerprint density at radius 3 is 1.23 bits per heavy atom. The summed E-state index contributed by atoms with van der Waals surface area (Å²) in [6.07, 6.45) is 0. The van der Waals surface area contributed by atoms with E-state index in [1.807, 2.05) is 0 Å². The molecule has 0 aromatic rings. The Balaban J connectivity index is 3.55. The second-order valence-electron chi connectivity index (χ2n) is 6.07. The largest absolute Gasteiger partial charge is 0.347 e.